The molecular weight excluding hydrogens is 230 g/mol. The van der Waals surface area contributed by atoms with Crippen molar-refractivity contribution in [2.45, 2.75) is 65.1 Å². The van der Waals surface area contributed by atoms with Gasteiger partial charge in [0.1, 0.15) is 5.60 Å². The topological polar surface area (TPSA) is 49.8 Å². The quantitative estimate of drug-likeness (QED) is 0.845. The van der Waals surface area contributed by atoms with Gasteiger partial charge in [-0.3, -0.25) is 0 Å². The van der Waals surface area contributed by atoms with E-state index in [9.17, 15) is 9.90 Å². The zero-order chi connectivity index (χ0) is 13.8. The minimum atomic E-state index is -0.427. The van der Waals surface area contributed by atoms with E-state index in [1.165, 1.54) is 0 Å². The number of likely N-dealkylation sites (tertiary alicyclic amines) is 1. The van der Waals surface area contributed by atoms with Crippen molar-refractivity contribution in [2.75, 3.05) is 13.1 Å². The summed E-state index contributed by atoms with van der Waals surface area (Å²) >= 11 is 0. The number of rotatable bonds is 3. The van der Waals surface area contributed by atoms with E-state index in [0.717, 1.165) is 38.8 Å². The molecule has 18 heavy (non-hydrogen) atoms. The molecule has 0 saturated carbocycles. The molecule has 1 unspecified atom stereocenters. The van der Waals surface area contributed by atoms with Crippen molar-refractivity contribution in [3.63, 3.8) is 0 Å². The van der Waals surface area contributed by atoms with Crippen molar-refractivity contribution >= 4 is 6.09 Å². The summed E-state index contributed by atoms with van der Waals surface area (Å²) in [5.74, 6) is 0.501. The smallest absolute Gasteiger partial charge is 0.410 e. The van der Waals surface area contributed by atoms with Crippen molar-refractivity contribution in [3.8, 4) is 0 Å². The number of nitrogens with zero attached hydrogens (tertiary/aromatic N) is 1. The van der Waals surface area contributed by atoms with Gasteiger partial charge in [0, 0.05) is 13.1 Å². The molecule has 0 aromatic heterocycles. The minimum absolute atomic E-state index is 0.204. The molecule has 1 saturated heterocycles. The standard InChI is InChI=1S/C14H27NO3/c1-11(16)7-8-12-6-5-9-15(10-12)13(17)18-14(2,3)4/h11-12,16H,5-10H2,1-4H3/t11-,12?/m0/s1. The van der Waals surface area contributed by atoms with Gasteiger partial charge in [-0.1, -0.05) is 0 Å². The first kappa shape index (κ1) is 15.3. The predicted molar refractivity (Wildman–Crippen MR) is 71.4 cm³/mol. The van der Waals surface area contributed by atoms with Crippen molar-refractivity contribution in [1.82, 2.24) is 4.90 Å². The third-order valence-corrected chi connectivity index (χ3v) is 3.16. The van der Waals surface area contributed by atoms with Crippen LogP contribution in [0.25, 0.3) is 0 Å². The van der Waals surface area contributed by atoms with Crippen LogP contribution < -0.4 is 0 Å². The van der Waals surface area contributed by atoms with Crippen molar-refractivity contribution in [1.29, 1.82) is 0 Å². The number of hydrogen-bond acceptors (Lipinski definition) is 3. The van der Waals surface area contributed by atoms with Crippen LogP contribution >= 0.6 is 0 Å². The monoisotopic (exact) mass is 257 g/mol. The fourth-order valence-corrected chi connectivity index (χ4v) is 2.27. The summed E-state index contributed by atoms with van der Waals surface area (Å²) in [7, 11) is 0. The Hall–Kier alpha value is -0.770. The van der Waals surface area contributed by atoms with Crippen LogP contribution in [0.3, 0.4) is 0 Å². The largest absolute Gasteiger partial charge is 0.444 e. The van der Waals surface area contributed by atoms with E-state index in [-0.39, 0.29) is 12.2 Å². The molecule has 1 aliphatic rings. The molecule has 4 heteroatoms. The molecule has 0 bridgehead atoms. The van der Waals surface area contributed by atoms with E-state index < -0.39 is 5.60 Å². The maximum absolute atomic E-state index is 12.0. The zero-order valence-corrected chi connectivity index (χ0v) is 12.1. The second-order valence-corrected chi connectivity index (χ2v) is 6.36. The average molecular weight is 257 g/mol. The lowest BCUT2D eigenvalue weighted by molar-refractivity contribution is 0.0155. The predicted octanol–water partition coefficient (Wildman–Crippen LogP) is 2.79. The molecule has 1 rings (SSSR count). The van der Waals surface area contributed by atoms with Gasteiger partial charge in [-0.05, 0) is 59.3 Å². The van der Waals surface area contributed by atoms with E-state index >= 15 is 0 Å². The lowest BCUT2D eigenvalue weighted by Crippen LogP contribution is -2.43. The van der Waals surface area contributed by atoms with E-state index in [1.54, 1.807) is 0 Å². The molecular formula is C14H27NO3. The third kappa shape index (κ3) is 5.71. The van der Waals surface area contributed by atoms with Crippen LogP contribution in [0.2, 0.25) is 0 Å². The van der Waals surface area contributed by atoms with Gasteiger partial charge in [0.2, 0.25) is 0 Å². The number of hydrogen-bond donors (Lipinski definition) is 1. The Morgan fingerprint density at radius 3 is 2.72 bits per heavy atom. The highest BCUT2D eigenvalue weighted by Crippen LogP contribution is 2.23. The van der Waals surface area contributed by atoms with Gasteiger partial charge in [-0.15, -0.1) is 0 Å². The summed E-state index contributed by atoms with van der Waals surface area (Å²) in [6.07, 6.45) is 3.52. The van der Waals surface area contributed by atoms with Crippen molar-refractivity contribution in [2.24, 2.45) is 5.92 Å². The summed E-state index contributed by atoms with van der Waals surface area (Å²) in [5, 5.41) is 9.31. The molecule has 0 aromatic rings. The first-order valence-corrected chi connectivity index (χ1v) is 6.94. The van der Waals surface area contributed by atoms with Gasteiger partial charge in [0.15, 0.2) is 0 Å². The van der Waals surface area contributed by atoms with Crippen LogP contribution in [-0.2, 0) is 4.74 Å². The number of piperidine rings is 1. The number of carbonyl (C=O) groups excluding carboxylic acids is 1. The Morgan fingerprint density at radius 1 is 1.50 bits per heavy atom. The molecule has 1 heterocycles. The van der Waals surface area contributed by atoms with Crippen LogP contribution in [0.15, 0.2) is 0 Å². The van der Waals surface area contributed by atoms with Crippen molar-refractivity contribution < 1.29 is 14.6 Å². The molecule has 106 valence electrons. The maximum Gasteiger partial charge on any atom is 0.410 e. The van der Waals surface area contributed by atoms with Gasteiger partial charge >= 0.3 is 6.09 Å². The normalized spacial score (nSPS) is 22.7. The number of amides is 1. The molecule has 2 atom stereocenters. The fourth-order valence-electron chi connectivity index (χ4n) is 2.27. The Bertz CT molecular complexity index is 271. The van der Waals surface area contributed by atoms with E-state index in [2.05, 4.69) is 0 Å². The molecule has 1 fully saturated rings. The number of aliphatic hydroxyl groups excluding tert-OH is 1. The summed E-state index contributed by atoms with van der Waals surface area (Å²) in [6, 6.07) is 0. The molecule has 1 aliphatic heterocycles. The highest BCUT2D eigenvalue weighted by Gasteiger charge is 2.27. The Morgan fingerprint density at radius 2 is 2.17 bits per heavy atom. The third-order valence-electron chi connectivity index (χ3n) is 3.16. The van der Waals surface area contributed by atoms with Crippen LogP contribution in [-0.4, -0.2) is 40.9 Å². The SMILES string of the molecule is C[C@H](O)CCC1CCCN(C(=O)OC(C)(C)C)C1. The molecule has 1 N–H and O–H groups in total. The second kappa shape index (κ2) is 6.41. The lowest BCUT2D eigenvalue weighted by atomic mass is 9.92. The van der Waals surface area contributed by atoms with Crippen molar-refractivity contribution in [3.05, 3.63) is 0 Å². The summed E-state index contributed by atoms with van der Waals surface area (Å²) in [6.45, 7) is 9.04. The average Bonchev–Trinajstić information content (AvgIpc) is 2.24. The molecule has 0 aromatic carbocycles. The van der Waals surface area contributed by atoms with Gasteiger partial charge < -0.3 is 14.7 Å². The van der Waals surface area contributed by atoms with Gasteiger partial charge in [0.25, 0.3) is 0 Å². The number of aliphatic hydroxyl groups is 1. The molecule has 0 spiro atoms. The molecule has 1 amide bonds. The van der Waals surface area contributed by atoms with Gasteiger partial charge in [-0.2, -0.15) is 0 Å². The van der Waals surface area contributed by atoms with Gasteiger partial charge in [-0.25, -0.2) is 4.79 Å². The molecule has 0 aliphatic carbocycles. The first-order chi connectivity index (χ1) is 8.28. The van der Waals surface area contributed by atoms with Crippen LogP contribution in [0.5, 0.6) is 0 Å². The zero-order valence-electron chi connectivity index (χ0n) is 12.1. The van der Waals surface area contributed by atoms with Crippen LogP contribution in [0.1, 0.15) is 53.4 Å². The highest BCUT2D eigenvalue weighted by atomic mass is 16.6. The van der Waals surface area contributed by atoms with Gasteiger partial charge in [0.05, 0.1) is 6.10 Å². The molecule has 4 nitrogen and oxygen atoms in total. The van der Waals surface area contributed by atoms with Crippen LogP contribution in [0, 0.1) is 5.92 Å². The van der Waals surface area contributed by atoms with Crippen LogP contribution in [0.4, 0.5) is 4.79 Å². The second-order valence-electron chi connectivity index (χ2n) is 6.36. The molecule has 0 radical (unpaired) electrons. The Balaban J connectivity index is 2.40. The van der Waals surface area contributed by atoms with E-state index in [1.807, 2.05) is 32.6 Å². The summed E-state index contributed by atoms with van der Waals surface area (Å²) in [5.41, 5.74) is -0.427. The lowest BCUT2D eigenvalue weighted by Gasteiger charge is -2.34. The van der Waals surface area contributed by atoms with E-state index in [0.29, 0.717) is 5.92 Å². The summed E-state index contributed by atoms with van der Waals surface area (Å²) < 4.78 is 5.39. The highest BCUT2D eigenvalue weighted by molar-refractivity contribution is 5.68. The fraction of sp³-hybridized carbons (Fsp3) is 0.929. The first-order valence-electron chi connectivity index (χ1n) is 6.94. The number of ether oxygens (including phenoxy) is 1. The Kier molecular flexibility index (Phi) is 5.45. The summed E-state index contributed by atoms with van der Waals surface area (Å²) in [4.78, 5) is 13.8. The van der Waals surface area contributed by atoms with E-state index in [4.69, 9.17) is 4.74 Å². The Labute approximate surface area is 110 Å². The number of carbonyl (C=O) groups is 1. The maximum atomic E-state index is 12.0. The minimum Gasteiger partial charge on any atom is -0.444 e.